The number of benzene rings is 2. The number of aliphatic hydroxyl groups is 8. The highest BCUT2D eigenvalue weighted by Gasteiger charge is 2.46. The molecule has 0 spiro atoms. The van der Waals surface area contributed by atoms with Crippen LogP contribution in [0, 0.1) is 0 Å². The van der Waals surface area contributed by atoms with Crippen molar-refractivity contribution >= 4 is 11.0 Å². The van der Waals surface area contributed by atoms with E-state index in [0.29, 0.717) is 0 Å². The molecule has 1 aromatic heterocycles. The SMILES string of the molecule is O=c1c(OC2OC(CO)C(O)C(O)C2O)c(-c2ccc(O)c(O)c2)oc2cc(OC3OC(CO)C(O)C(O)C3O)ccc12. The van der Waals surface area contributed by atoms with E-state index in [1.54, 1.807) is 0 Å². The van der Waals surface area contributed by atoms with Gasteiger partial charge in [0.05, 0.1) is 18.6 Å². The van der Waals surface area contributed by atoms with Crippen LogP contribution < -0.4 is 14.9 Å². The van der Waals surface area contributed by atoms with E-state index in [1.807, 2.05) is 0 Å². The molecule has 2 saturated heterocycles. The van der Waals surface area contributed by atoms with Crippen LogP contribution in [-0.2, 0) is 9.47 Å². The van der Waals surface area contributed by atoms with Crippen molar-refractivity contribution in [3.05, 3.63) is 46.6 Å². The minimum Gasteiger partial charge on any atom is -0.504 e. The minimum atomic E-state index is -1.87. The minimum absolute atomic E-state index is 0.00847. The zero-order valence-electron chi connectivity index (χ0n) is 22.1. The molecule has 5 rings (SSSR count). The lowest BCUT2D eigenvalue weighted by molar-refractivity contribution is -0.277. The summed E-state index contributed by atoms with van der Waals surface area (Å²) in [5.74, 6) is -2.02. The van der Waals surface area contributed by atoms with Gasteiger partial charge < -0.3 is 74.4 Å². The Morgan fingerprint density at radius 1 is 0.674 bits per heavy atom. The van der Waals surface area contributed by atoms with Crippen LogP contribution in [0.1, 0.15) is 0 Å². The number of aromatic hydroxyl groups is 2. The topological polar surface area (TPSA) is 269 Å². The van der Waals surface area contributed by atoms with Gasteiger partial charge in [-0.3, -0.25) is 4.79 Å². The third-order valence-corrected chi connectivity index (χ3v) is 7.24. The molecule has 10 atom stereocenters. The first-order valence-electron chi connectivity index (χ1n) is 13.0. The summed E-state index contributed by atoms with van der Waals surface area (Å²) in [7, 11) is 0. The molecular weight excluding hydrogens is 580 g/mol. The number of hydrogen-bond donors (Lipinski definition) is 10. The summed E-state index contributed by atoms with van der Waals surface area (Å²) >= 11 is 0. The largest absolute Gasteiger partial charge is 0.504 e. The van der Waals surface area contributed by atoms with Gasteiger partial charge in [0.1, 0.15) is 60.2 Å². The molecule has 10 unspecified atom stereocenters. The van der Waals surface area contributed by atoms with E-state index in [-0.39, 0.29) is 28.0 Å². The fourth-order valence-electron chi connectivity index (χ4n) is 4.77. The van der Waals surface area contributed by atoms with E-state index in [4.69, 9.17) is 23.4 Å². The van der Waals surface area contributed by atoms with Gasteiger partial charge >= 0.3 is 0 Å². The molecule has 2 aliphatic rings. The molecule has 3 heterocycles. The number of phenols is 2. The maximum Gasteiger partial charge on any atom is 0.235 e. The molecule has 0 amide bonds. The van der Waals surface area contributed by atoms with Crippen molar-refractivity contribution < 1.29 is 74.4 Å². The fraction of sp³-hybridized carbons (Fsp3) is 0.444. The smallest absolute Gasteiger partial charge is 0.235 e. The van der Waals surface area contributed by atoms with Crippen molar-refractivity contribution in [2.24, 2.45) is 0 Å². The molecule has 16 nitrogen and oxygen atoms in total. The van der Waals surface area contributed by atoms with Crippen LogP contribution in [0.3, 0.4) is 0 Å². The van der Waals surface area contributed by atoms with Gasteiger partial charge in [0, 0.05) is 11.6 Å². The van der Waals surface area contributed by atoms with E-state index in [9.17, 15) is 55.9 Å². The molecule has 16 heteroatoms. The first kappa shape index (κ1) is 30.9. The normalized spacial score (nSPS) is 32.9. The van der Waals surface area contributed by atoms with Crippen molar-refractivity contribution in [1.82, 2.24) is 0 Å². The van der Waals surface area contributed by atoms with Crippen LogP contribution in [0.25, 0.3) is 22.3 Å². The maximum atomic E-state index is 13.7. The van der Waals surface area contributed by atoms with Gasteiger partial charge in [-0.05, 0) is 30.3 Å². The Bertz CT molecular complexity index is 1500. The van der Waals surface area contributed by atoms with Gasteiger partial charge in [0.15, 0.2) is 17.3 Å². The average molecular weight is 611 g/mol. The summed E-state index contributed by atoms with van der Waals surface area (Å²) in [6, 6.07) is 7.18. The number of rotatable bonds is 7. The first-order chi connectivity index (χ1) is 20.4. The second-order valence-corrected chi connectivity index (χ2v) is 10.1. The molecule has 234 valence electrons. The molecule has 2 aliphatic heterocycles. The molecule has 0 aliphatic carbocycles. The van der Waals surface area contributed by atoms with E-state index in [2.05, 4.69) is 0 Å². The molecule has 0 bridgehead atoms. The van der Waals surface area contributed by atoms with E-state index in [0.717, 1.165) is 12.1 Å². The van der Waals surface area contributed by atoms with E-state index >= 15 is 0 Å². The highest BCUT2D eigenvalue weighted by atomic mass is 16.7. The highest BCUT2D eigenvalue weighted by molar-refractivity contribution is 5.83. The van der Waals surface area contributed by atoms with Gasteiger partial charge in [-0.1, -0.05) is 0 Å². The van der Waals surface area contributed by atoms with Crippen molar-refractivity contribution in [3.63, 3.8) is 0 Å². The molecule has 2 aromatic carbocycles. The molecule has 0 saturated carbocycles. The lowest BCUT2D eigenvalue weighted by Gasteiger charge is -2.39. The second-order valence-electron chi connectivity index (χ2n) is 10.1. The molecule has 3 aromatic rings. The molecule has 10 N–H and O–H groups in total. The summed E-state index contributed by atoms with van der Waals surface area (Å²) in [6.45, 7) is -1.44. The standard InChI is InChI=1S/C27H30O16/c28-7-15-18(33)20(35)22(37)26(41-15)39-10-2-3-11-14(6-10)40-24(9-1-4-12(30)13(31)5-9)25(17(11)32)43-27-23(38)21(36)19(34)16(8-29)42-27/h1-6,15-16,18-23,26-31,33-38H,7-8H2. The summed E-state index contributed by atoms with van der Waals surface area (Å²) in [4.78, 5) is 13.7. The van der Waals surface area contributed by atoms with Crippen molar-refractivity contribution in [2.75, 3.05) is 13.2 Å². The molecule has 2 fully saturated rings. The molecule has 0 radical (unpaired) electrons. The van der Waals surface area contributed by atoms with Crippen LogP contribution in [0.15, 0.2) is 45.6 Å². The van der Waals surface area contributed by atoms with Crippen molar-refractivity contribution in [2.45, 2.75) is 61.4 Å². The van der Waals surface area contributed by atoms with Crippen LogP contribution >= 0.6 is 0 Å². The Kier molecular flexibility index (Phi) is 8.77. The lowest BCUT2D eigenvalue weighted by atomic mass is 9.99. The zero-order chi connectivity index (χ0) is 31.2. The Morgan fingerprint density at radius 2 is 1.26 bits per heavy atom. The average Bonchev–Trinajstić information content (AvgIpc) is 3.00. The number of aliphatic hydroxyl groups excluding tert-OH is 8. The maximum absolute atomic E-state index is 13.7. The first-order valence-corrected chi connectivity index (χ1v) is 13.0. The lowest BCUT2D eigenvalue weighted by Crippen LogP contribution is -2.60. The third-order valence-electron chi connectivity index (χ3n) is 7.24. The van der Waals surface area contributed by atoms with Crippen LogP contribution in [0.2, 0.25) is 0 Å². The van der Waals surface area contributed by atoms with Gasteiger partial charge in [-0.2, -0.15) is 0 Å². The predicted octanol–water partition coefficient (Wildman–Crippen LogP) is -2.77. The number of phenolic OH excluding ortho intramolecular Hbond substituents is 2. The Hall–Kier alpha value is -3.55. The van der Waals surface area contributed by atoms with E-state index < -0.39 is 97.3 Å². The van der Waals surface area contributed by atoms with Crippen molar-refractivity contribution in [3.8, 4) is 34.3 Å². The van der Waals surface area contributed by atoms with Crippen LogP contribution in [-0.4, -0.2) is 126 Å². The quantitative estimate of drug-likeness (QED) is 0.121. The number of ether oxygens (including phenoxy) is 4. The van der Waals surface area contributed by atoms with Gasteiger partial charge in [-0.15, -0.1) is 0 Å². The third kappa shape index (κ3) is 5.73. The van der Waals surface area contributed by atoms with Gasteiger partial charge in [-0.25, -0.2) is 0 Å². The second kappa shape index (κ2) is 12.2. The predicted molar refractivity (Wildman–Crippen MR) is 140 cm³/mol. The zero-order valence-corrected chi connectivity index (χ0v) is 22.1. The Labute approximate surface area is 241 Å². The summed E-state index contributed by atoms with van der Waals surface area (Å²) in [6.07, 6.45) is -16.3. The summed E-state index contributed by atoms with van der Waals surface area (Å²) in [5.41, 5.74) is -0.954. The van der Waals surface area contributed by atoms with Gasteiger partial charge in [0.25, 0.3) is 0 Å². The van der Waals surface area contributed by atoms with Crippen molar-refractivity contribution in [1.29, 1.82) is 0 Å². The summed E-state index contributed by atoms with van der Waals surface area (Å²) < 4.78 is 27.9. The van der Waals surface area contributed by atoms with E-state index in [1.165, 1.54) is 24.3 Å². The molecule has 43 heavy (non-hydrogen) atoms. The van der Waals surface area contributed by atoms with Crippen LogP contribution in [0.4, 0.5) is 0 Å². The highest BCUT2D eigenvalue weighted by Crippen LogP contribution is 2.38. The Balaban J connectivity index is 1.56. The number of fused-ring (bicyclic) bond motifs is 1. The molecular formula is C27H30O16. The van der Waals surface area contributed by atoms with Gasteiger partial charge in [0.2, 0.25) is 23.8 Å². The summed E-state index contributed by atoms with van der Waals surface area (Å²) in [5, 5.41) is 99.8. The Morgan fingerprint density at radius 3 is 1.81 bits per heavy atom. The monoisotopic (exact) mass is 610 g/mol. The number of hydrogen-bond acceptors (Lipinski definition) is 16. The van der Waals surface area contributed by atoms with Crippen LogP contribution in [0.5, 0.6) is 23.0 Å². The fourth-order valence-corrected chi connectivity index (χ4v) is 4.77.